The minimum atomic E-state index is -0.110. The number of carbonyl (C=O) groups is 2. The van der Waals surface area contributed by atoms with E-state index in [2.05, 4.69) is 72.6 Å². The third-order valence-corrected chi connectivity index (χ3v) is 8.33. The number of anilines is 1. The first kappa shape index (κ1) is 28.4. The molecule has 0 saturated carbocycles. The van der Waals surface area contributed by atoms with Crippen molar-refractivity contribution in [3.05, 3.63) is 125 Å². The topological polar surface area (TPSA) is 49.4 Å². The van der Waals surface area contributed by atoms with E-state index in [1.807, 2.05) is 54.6 Å². The SMILES string of the molecule is CCCNC(=O)C(c1ccccc1)C1CCN(c2ccc(CC(=O)c3ccccc3-c3ccccc3C)cc2)CC1. The molecule has 1 heterocycles. The fourth-order valence-corrected chi connectivity index (χ4v) is 6.09. The summed E-state index contributed by atoms with van der Waals surface area (Å²) in [6.07, 6.45) is 3.24. The van der Waals surface area contributed by atoms with Gasteiger partial charge in [-0.05, 0) is 72.1 Å². The Kier molecular flexibility index (Phi) is 9.30. The molecule has 1 unspecified atom stereocenters. The van der Waals surface area contributed by atoms with E-state index in [1.54, 1.807) is 0 Å². The van der Waals surface area contributed by atoms with E-state index in [0.717, 1.165) is 65.7 Å². The van der Waals surface area contributed by atoms with Gasteiger partial charge in [0, 0.05) is 37.3 Å². The zero-order chi connectivity index (χ0) is 28.6. The van der Waals surface area contributed by atoms with Crippen LogP contribution in [0.3, 0.4) is 0 Å². The van der Waals surface area contributed by atoms with E-state index in [-0.39, 0.29) is 17.6 Å². The standard InChI is InChI=1S/C37H40N2O2/c1-3-23-38-37(41)36(29-12-5-4-6-13-29)30-21-24-39(25-22-30)31-19-17-28(18-20-31)26-35(40)34-16-10-9-15-33(34)32-14-8-7-11-27(32)2/h4-20,30,36H,3,21-26H2,1-2H3,(H,38,41). The second-order valence-corrected chi connectivity index (χ2v) is 11.1. The zero-order valence-electron chi connectivity index (χ0n) is 24.2. The molecule has 0 aliphatic carbocycles. The Morgan fingerprint density at radius 1 is 0.805 bits per heavy atom. The maximum absolute atomic E-state index is 13.4. The van der Waals surface area contributed by atoms with Crippen LogP contribution in [0.1, 0.15) is 59.2 Å². The number of benzene rings is 4. The van der Waals surface area contributed by atoms with Crippen LogP contribution in [0.25, 0.3) is 11.1 Å². The van der Waals surface area contributed by atoms with Gasteiger partial charge in [-0.2, -0.15) is 0 Å². The van der Waals surface area contributed by atoms with Crippen molar-refractivity contribution in [1.29, 1.82) is 0 Å². The minimum Gasteiger partial charge on any atom is -0.372 e. The summed E-state index contributed by atoms with van der Waals surface area (Å²) in [5.41, 5.74) is 7.33. The largest absolute Gasteiger partial charge is 0.372 e. The lowest BCUT2D eigenvalue weighted by molar-refractivity contribution is -0.124. The average Bonchev–Trinajstić information content (AvgIpc) is 3.02. The number of amides is 1. The maximum Gasteiger partial charge on any atom is 0.227 e. The summed E-state index contributed by atoms with van der Waals surface area (Å²) in [6, 6.07) is 34.8. The molecule has 4 heteroatoms. The molecule has 0 aromatic heterocycles. The maximum atomic E-state index is 13.4. The smallest absolute Gasteiger partial charge is 0.227 e. The Morgan fingerprint density at radius 3 is 2.12 bits per heavy atom. The lowest BCUT2D eigenvalue weighted by Crippen LogP contribution is -2.40. The molecule has 1 N–H and O–H groups in total. The predicted octanol–water partition coefficient (Wildman–Crippen LogP) is 7.61. The van der Waals surface area contributed by atoms with Gasteiger partial charge < -0.3 is 10.2 Å². The zero-order valence-corrected chi connectivity index (χ0v) is 24.2. The quantitative estimate of drug-likeness (QED) is 0.209. The van der Waals surface area contributed by atoms with Crippen LogP contribution in [-0.4, -0.2) is 31.3 Å². The molecule has 4 aromatic carbocycles. The van der Waals surface area contributed by atoms with Gasteiger partial charge in [-0.25, -0.2) is 0 Å². The van der Waals surface area contributed by atoms with E-state index in [0.29, 0.717) is 18.9 Å². The highest BCUT2D eigenvalue weighted by Crippen LogP contribution is 2.35. The number of Topliss-reactive ketones (excluding diaryl/α,β-unsaturated/α-hetero) is 1. The number of nitrogens with zero attached hydrogens (tertiary/aromatic N) is 1. The van der Waals surface area contributed by atoms with Crippen LogP contribution in [0, 0.1) is 12.8 Å². The average molecular weight is 545 g/mol. The highest BCUT2D eigenvalue weighted by molar-refractivity contribution is 6.03. The normalized spacial score (nSPS) is 14.4. The lowest BCUT2D eigenvalue weighted by atomic mass is 9.79. The fourth-order valence-electron chi connectivity index (χ4n) is 6.09. The Balaban J connectivity index is 1.23. The first-order valence-corrected chi connectivity index (χ1v) is 14.9. The molecule has 0 spiro atoms. The Bertz CT molecular complexity index is 1450. The monoisotopic (exact) mass is 544 g/mol. The van der Waals surface area contributed by atoms with Crippen LogP contribution in [0.5, 0.6) is 0 Å². The Hall–Kier alpha value is -4.18. The van der Waals surface area contributed by atoms with Crippen molar-refractivity contribution >= 4 is 17.4 Å². The van der Waals surface area contributed by atoms with Crippen LogP contribution in [0.15, 0.2) is 103 Å². The van der Waals surface area contributed by atoms with Crippen molar-refractivity contribution in [3.8, 4) is 11.1 Å². The molecule has 1 aliphatic heterocycles. The van der Waals surface area contributed by atoms with Gasteiger partial charge >= 0.3 is 0 Å². The minimum absolute atomic E-state index is 0.110. The van der Waals surface area contributed by atoms with E-state index in [4.69, 9.17) is 0 Å². The summed E-state index contributed by atoms with van der Waals surface area (Å²) in [4.78, 5) is 29.0. The molecule has 0 radical (unpaired) electrons. The molecule has 1 saturated heterocycles. The molecular weight excluding hydrogens is 504 g/mol. The third kappa shape index (κ3) is 6.77. The van der Waals surface area contributed by atoms with Crippen LogP contribution >= 0.6 is 0 Å². The van der Waals surface area contributed by atoms with Crippen molar-refractivity contribution in [2.24, 2.45) is 5.92 Å². The van der Waals surface area contributed by atoms with Crippen molar-refractivity contribution in [2.75, 3.05) is 24.5 Å². The Labute approximate surface area is 244 Å². The van der Waals surface area contributed by atoms with E-state index < -0.39 is 0 Å². The highest BCUT2D eigenvalue weighted by atomic mass is 16.2. The lowest BCUT2D eigenvalue weighted by Gasteiger charge is -2.37. The van der Waals surface area contributed by atoms with Gasteiger partial charge in [-0.3, -0.25) is 9.59 Å². The summed E-state index contributed by atoms with van der Waals surface area (Å²) in [6.45, 7) is 6.71. The van der Waals surface area contributed by atoms with Gasteiger partial charge in [0.05, 0.1) is 5.92 Å². The van der Waals surface area contributed by atoms with Crippen LogP contribution in [0.2, 0.25) is 0 Å². The number of piperidine rings is 1. The second kappa shape index (κ2) is 13.5. The number of rotatable bonds is 10. The van der Waals surface area contributed by atoms with Gasteiger partial charge in [0.2, 0.25) is 5.91 Å². The molecule has 4 nitrogen and oxygen atoms in total. The molecule has 5 rings (SSSR count). The molecule has 4 aromatic rings. The summed E-state index contributed by atoms with van der Waals surface area (Å²) < 4.78 is 0. The van der Waals surface area contributed by atoms with Crippen molar-refractivity contribution in [3.63, 3.8) is 0 Å². The Morgan fingerprint density at radius 2 is 1.44 bits per heavy atom. The molecule has 1 fully saturated rings. The van der Waals surface area contributed by atoms with Crippen LogP contribution < -0.4 is 10.2 Å². The first-order valence-electron chi connectivity index (χ1n) is 14.9. The molecule has 1 amide bonds. The van der Waals surface area contributed by atoms with Gasteiger partial charge in [0.1, 0.15) is 0 Å². The molecule has 41 heavy (non-hydrogen) atoms. The predicted molar refractivity (Wildman–Crippen MR) is 169 cm³/mol. The summed E-state index contributed by atoms with van der Waals surface area (Å²) >= 11 is 0. The van der Waals surface area contributed by atoms with Crippen LogP contribution in [-0.2, 0) is 11.2 Å². The molecular formula is C37H40N2O2. The molecule has 0 bridgehead atoms. The van der Waals surface area contributed by atoms with Gasteiger partial charge in [-0.1, -0.05) is 97.9 Å². The van der Waals surface area contributed by atoms with Gasteiger partial charge in [-0.15, -0.1) is 0 Å². The number of aryl methyl sites for hydroxylation is 1. The van der Waals surface area contributed by atoms with E-state index in [9.17, 15) is 9.59 Å². The number of nitrogens with one attached hydrogen (secondary N) is 1. The summed E-state index contributed by atoms with van der Waals surface area (Å²) in [5.74, 6) is 0.483. The number of hydrogen-bond acceptors (Lipinski definition) is 3. The van der Waals surface area contributed by atoms with Crippen LogP contribution in [0.4, 0.5) is 5.69 Å². The van der Waals surface area contributed by atoms with Gasteiger partial charge in [0.15, 0.2) is 5.78 Å². The molecule has 210 valence electrons. The number of ketones is 1. The highest BCUT2D eigenvalue weighted by Gasteiger charge is 2.32. The molecule has 1 atom stereocenters. The first-order chi connectivity index (χ1) is 20.0. The number of hydrogen-bond donors (Lipinski definition) is 1. The van der Waals surface area contributed by atoms with Crippen molar-refractivity contribution in [1.82, 2.24) is 5.32 Å². The second-order valence-electron chi connectivity index (χ2n) is 11.1. The van der Waals surface area contributed by atoms with E-state index in [1.165, 1.54) is 5.69 Å². The summed E-state index contributed by atoms with van der Waals surface area (Å²) in [7, 11) is 0. The van der Waals surface area contributed by atoms with Crippen molar-refractivity contribution < 1.29 is 9.59 Å². The third-order valence-electron chi connectivity index (χ3n) is 8.33. The molecule has 1 aliphatic rings. The van der Waals surface area contributed by atoms with Gasteiger partial charge in [0.25, 0.3) is 0 Å². The fraction of sp³-hybridized carbons (Fsp3) is 0.297. The number of carbonyl (C=O) groups excluding carboxylic acids is 2. The van der Waals surface area contributed by atoms with Crippen molar-refractivity contribution in [2.45, 2.75) is 45.4 Å². The summed E-state index contributed by atoms with van der Waals surface area (Å²) in [5, 5.41) is 3.14. The van der Waals surface area contributed by atoms with E-state index >= 15 is 0 Å².